The standard InChI is InChI=1S/C28H35N3/c1-4-30(5-2)26-15-11-24(12-16-26)28(23-9-7-6-8-10-23)25-13-17-27(18-14-25)31-21-19-29(3)20-22-31/h6-18,26H,4-5,19-22H2,1-3H3. The summed E-state index contributed by atoms with van der Waals surface area (Å²) < 4.78 is 0. The number of nitrogens with zero attached hydrogens (tertiary/aromatic N) is 3. The molecule has 0 spiro atoms. The lowest BCUT2D eigenvalue weighted by Crippen LogP contribution is -2.44. The van der Waals surface area contributed by atoms with Crippen LogP contribution in [0.3, 0.4) is 0 Å². The molecule has 1 aliphatic carbocycles. The van der Waals surface area contributed by atoms with Crippen LogP contribution in [0.25, 0.3) is 5.57 Å². The highest BCUT2D eigenvalue weighted by Crippen LogP contribution is 2.31. The number of allylic oxidation sites excluding steroid dienone is 3. The lowest BCUT2D eigenvalue weighted by Gasteiger charge is -2.34. The van der Waals surface area contributed by atoms with Gasteiger partial charge in [-0.1, -0.05) is 80.6 Å². The summed E-state index contributed by atoms with van der Waals surface area (Å²) in [7, 11) is 2.20. The van der Waals surface area contributed by atoms with E-state index in [0.717, 1.165) is 39.3 Å². The summed E-state index contributed by atoms with van der Waals surface area (Å²) in [6.45, 7) is 11.0. The average Bonchev–Trinajstić information content (AvgIpc) is 2.83. The summed E-state index contributed by atoms with van der Waals surface area (Å²) >= 11 is 0. The van der Waals surface area contributed by atoms with Gasteiger partial charge in [-0.15, -0.1) is 0 Å². The molecule has 1 fully saturated rings. The van der Waals surface area contributed by atoms with Crippen LogP contribution in [0.5, 0.6) is 0 Å². The Labute approximate surface area is 188 Å². The molecule has 1 saturated heterocycles. The summed E-state index contributed by atoms with van der Waals surface area (Å²) in [4.78, 5) is 7.36. The van der Waals surface area contributed by atoms with Crippen LogP contribution < -0.4 is 4.90 Å². The van der Waals surface area contributed by atoms with E-state index < -0.39 is 0 Å². The molecule has 0 unspecified atom stereocenters. The maximum atomic E-state index is 2.49. The highest BCUT2D eigenvalue weighted by molar-refractivity contribution is 5.86. The first kappa shape index (κ1) is 21.6. The van der Waals surface area contributed by atoms with Gasteiger partial charge in [-0.3, -0.25) is 4.90 Å². The highest BCUT2D eigenvalue weighted by atomic mass is 15.2. The number of hydrogen-bond donors (Lipinski definition) is 0. The van der Waals surface area contributed by atoms with Gasteiger partial charge >= 0.3 is 0 Å². The summed E-state index contributed by atoms with van der Waals surface area (Å²) in [5.41, 5.74) is 6.44. The zero-order chi connectivity index (χ0) is 21.6. The van der Waals surface area contributed by atoms with E-state index in [2.05, 4.69) is 114 Å². The first-order chi connectivity index (χ1) is 15.2. The van der Waals surface area contributed by atoms with E-state index in [1.165, 1.54) is 28.0 Å². The van der Waals surface area contributed by atoms with Crippen molar-refractivity contribution in [2.45, 2.75) is 19.9 Å². The summed E-state index contributed by atoms with van der Waals surface area (Å²) in [6.07, 6.45) is 9.28. The summed E-state index contributed by atoms with van der Waals surface area (Å²) in [6, 6.07) is 20.3. The number of likely N-dealkylation sites (N-methyl/N-ethyl adjacent to an activating group) is 2. The van der Waals surface area contributed by atoms with Gasteiger partial charge in [-0.2, -0.15) is 0 Å². The maximum Gasteiger partial charge on any atom is 0.0467 e. The van der Waals surface area contributed by atoms with Gasteiger partial charge in [-0.25, -0.2) is 0 Å². The molecular weight excluding hydrogens is 378 g/mol. The second-order valence-corrected chi connectivity index (χ2v) is 8.46. The molecule has 0 atom stereocenters. The Morgan fingerprint density at radius 1 is 0.806 bits per heavy atom. The molecule has 4 rings (SSSR count). The Bertz CT molecular complexity index is 912. The van der Waals surface area contributed by atoms with Gasteiger partial charge in [0.15, 0.2) is 0 Å². The molecule has 0 saturated carbocycles. The van der Waals surface area contributed by atoms with Crippen LogP contribution in [0.4, 0.5) is 5.69 Å². The number of anilines is 1. The number of rotatable bonds is 6. The lowest BCUT2D eigenvalue weighted by molar-refractivity contribution is 0.287. The van der Waals surface area contributed by atoms with Crippen molar-refractivity contribution < 1.29 is 0 Å². The van der Waals surface area contributed by atoms with Crippen LogP contribution >= 0.6 is 0 Å². The Morgan fingerprint density at radius 3 is 1.97 bits per heavy atom. The van der Waals surface area contributed by atoms with Crippen molar-refractivity contribution >= 4 is 11.3 Å². The van der Waals surface area contributed by atoms with Gasteiger partial charge in [0.25, 0.3) is 0 Å². The largest absolute Gasteiger partial charge is 0.369 e. The molecule has 31 heavy (non-hydrogen) atoms. The second-order valence-electron chi connectivity index (χ2n) is 8.46. The van der Waals surface area contributed by atoms with Crippen molar-refractivity contribution in [3.8, 4) is 0 Å². The molecule has 1 aliphatic heterocycles. The molecule has 2 aromatic rings. The van der Waals surface area contributed by atoms with Gasteiger partial charge in [-0.05, 0) is 54.5 Å². The molecule has 0 aromatic heterocycles. The van der Waals surface area contributed by atoms with Gasteiger partial charge in [0.1, 0.15) is 0 Å². The van der Waals surface area contributed by atoms with Gasteiger partial charge in [0.05, 0.1) is 0 Å². The Hall–Kier alpha value is -2.62. The fourth-order valence-electron chi connectivity index (χ4n) is 4.59. The van der Waals surface area contributed by atoms with Crippen molar-refractivity contribution in [2.24, 2.45) is 0 Å². The Kier molecular flexibility index (Phi) is 7.06. The molecule has 0 bridgehead atoms. The van der Waals surface area contributed by atoms with Crippen LogP contribution in [-0.2, 0) is 0 Å². The predicted molar refractivity (Wildman–Crippen MR) is 134 cm³/mol. The first-order valence-electron chi connectivity index (χ1n) is 11.6. The normalized spacial score (nSPS) is 19.3. The molecule has 1 heterocycles. The molecular formula is C28H35N3. The van der Waals surface area contributed by atoms with E-state index in [0.29, 0.717) is 6.04 Å². The van der Waals surface area contributed by atoms with Crippen LogP contribution in [0.1, 0.15) is 25.0 Å². The minimum atomic E-state index is 0.385. The summed E-state index contributed by atoms with van der Waals surface area (Å²) in [5, 5.41) is 0. The summed E-state index contributed by atoms with van der Waals surface area (Å²) in [5.74, 6) is 0. The number of piperazine rings is 1. The third-order valence-corrected chi connectivity index (χ3v) is 6.56. The molecule has 2 aromatic carbocycles. The maximum absolute atomic E-state index is 2.49. The van der Waals surface area contributed by atoms with E-state index in [9.17, 15) is 0 Å². The lowest BCUT2D eigenvalue weighted by atomic mass is 9.90. The second kappa shape index (κ2) is 10.1. The quantitative estimate of drug-likeness (QED) is 0.654. The van der Waals surface area contributed by atoms with Crippen LogP contribution in [0.15, 0.2) is 84.5 Å². The Balaban J connectivity index is 1.65. The molecule has 0 amide bonds. The van der Waals surface area contributed by atoms with Crippen molar-refractivity contribution in [1.29, 1.82) is 0 Å². The molecule has 2 aliphatic rings. The fraction of sp³-hybridized carbons (Fsp3) is 0.357. The van der Waals surface area contributed by atoms with E-state index in [1.807, 2.05) is 0 Å². The molecule has 162 valence electrons. The van der Waals surface area contributed by atoms with Crippen LogP contribution in [0, 0.1) is 0 Å². The van der Waals surface area contributed by atoms with E-state index in [4.69, 9.17) is 0 Å². The first-order valence-corrected chi connectivity index (χ1v) is 11.6. The fourth-order valence-corrected chi connectivity index (χ4v) is 4.59. The number of hydrogen-bond acceptors (Lipinski definition) is 3. The highest BCUT2D eigenvalue weighted by Gasteiger charge is 2.17. The van der Waals surface area contributed by atoms with E-state index in [1.54, 1.807) is 0 Å². The van der Waals surface area contributed by atoms with Gasteiger partial charge < -0.3 is 9.80 Å². The third-order valence-electron chi connectivity index (χ3n) is 6.56. The number of benzene rings is 2. The zero-order valence-electron chi connectivity index (χ0n) is 19.2. The molecule has 3 nitrogen and oxygen atoms in total. The SMILES string of the molecule is CCN(CC)C1C=CC(=C(c2ccccc2)c2ccc(N3CCN(C)CC3)cc2)C=C1. The predicted octanol–water partition coefficient (Wildman–Crippen LogP) is 5.08. The monoisotopic (exact) mass is 413 g/mol. The third kappa shape index (κ3) is 5.00. The van der Waals surface area contributed by atoms with E-state index >= 15 is 0 Å². The zero-order valence-corrected chi connectivity index (χ0v) is 19.2. The van der Waals surface area contributed by atoms with Crippen molar-refractivity contribution in [3.63, 3.8) is 0 Å². The minimum Gasteiger partial charge on any atom is -0.369 e. The van der Waals surface area contributed by atoms with Crippen molar-refractivity contribution in [1.82, 2.24) is 9.80 Å². The van der Waals surface area contributed by atoms with Gasteiger partial charge in [0.2, 0.25) is 0 Å². The average molecular weight is 414 g/mol. The van der Waals surface area contributed by atoms with Crippen molar-refractivity contribution in [2.75, 3.05) is 51.2 Å². The van der Waals surface area contributed by atoms with Crippen LogP contribution in [0.2, 0.25) is 0 Å². The van der Waals surface area contributed by atoms with Crippen molar-refractivity contribution in [3.05, 3.63) is 95.6 Å². The molecule has 0 radical (unpaired) electrons. The Morgan fingerprint density at radius 2 is 1.39 bits per heavy atom. The smallest absolute Gasteiger partial charge is 0.0467 e. The molecule has 0 N–H and O–H groups in total. The molecule has 3 heteroatoms. The van der Waals surface area contributed by atoms with E-state index in [-0.39, 0.29) is 0 Å². The minimum absolute atomic E-state index is 0.385. The topological polar surface area (TPSA) is 9.72 Å². The van der Waals surface area contributed by atoms with Gasteiger partial charge in [0, 0.05) is 37.9 Å². The van der Waals surface area contributed by atoms with Crippen LogP contribution in [-0.4, -0.2) is 62.2 Å².